The zero-order chi connectivity index (χ0) is 21.7. The number of ketones is 1. The van der Waals surface area contributed by atoms with Crippen LogP contribution in [0.15, 0.2) is 54.1 Å². The van der Waals surface area contributed by atoms with E-state index >= 15 is 0 Å². The molecule has 0 aromatic heterocycles. The monoisotopic (exact) mass is 413 g/mol. The van der Waals surface area contributed by atoms with Crippen LogP contribution in [-0.2, 0) is 14.3 Å². The van der Waals surface area contributed by atoms with Crippen molar-refractivity contribution in [3.05, 3.63) is 71.0 Å². The molecule has 1 saturated heterocycles. The molecule has 1 aliphatic rings. The SMILES string of the molecule is CCOc1ccc(/C(O)=C2/C(=O)C(=O)N(CCCOC)C2c2ccc(F)cc2)cc1. The molecule has 1 N–H and O–H groups in total. The molecule has 1 amide bonds. The lowest BCUT2D eigenvalue weighted by atomic mass is 9.95. The van der Waals surface area contributed by atoms with Gasteiger partial charge in [0.1, 0.15) is 17.3 Å². The van der Waals surface area contributed by atoms with Crippen molar-refractivity contribution < 1.29 is 28.6 Å². The Morgan fingerprint density at radius 1 is 1.10 bits per heavy atom. The second-order valence-electron chi connectivity index (χ2n) is 6.85. The second-order valence-corrected chi connectivity index (χ2v) is 6.85. The molecule has 0 spiro atoms. The van der Waals surface area contributed by atoms with Crippen molar-refractivity contribution in [2.45, 2.75) is 19.4 Å². The molecule has 6 nitrogen and oxygen atoms in total. The Morgan fingerprint density at radius 3 is 2.37 bits per heavy atom. The second kappa shape index (κ2) is 9.54. The van der Waals surface area contributed by atoms with Crippen molar-refractivity contribution >= 4 is 17.4 Å². The maximum absolute atomic E-state index is 13.5. The van der Waals surface area contributed by atoms with E-state index in [0.717, 1.165) is 0 Å². The average Bonchev–Trinajstić information content (AvgIpc) is 3.00. The van der Waals surface area contributed by atoms with Gasteiger partial charge >= 0.3 is 0 Å². The maximum Gasteiger partial charge on any atom is 0.295 e. The number of methoxy groups -OCH3 is 1. The van der Waals surface area contributed by atoms with Crippen molar-refractivity contribution in [1.29, 1.82) is 0 Å². The summed E-state index contributed by atoms with van der Waals surface area (Å²) in [7, 11) is 1.55. The normalized spacial score (nSPS) is 18.1. The summed E-state index contributed by atoms with van der Waals surface area (Å²) in [6, 6.07) is 11.4. The first-order chi connectivity index (χ1) is 14.5. The van der Waals surface area contributed by atoms with Gasteiger partial charge in [0.15, 0.2) is 0 Å². The first-order valence-corrected chi connectivity index (χ1v) is 9.74. The van der Waals surface area contributed by atoms with E-state index in [-0.39, 0.29) is 17.9 Å². The Morgan fingerprint density at radius 2 is 1.77 bits per heavy atom. The molecule has 2 aromatic carbocycles. The van der Waals surface area contributed by atoms with Crippen LogP contribution in [0.3, 0.4) is 0 Å². The fourth-order valence-corrected chi connectivity index (χ4v) is 3.51. The van der Waals surface area contributed by atoms with E-state index in [1.165, 1.54) is 29.2 Å². The standard InChI is InChI=1S/C23H24FNO5/c1-3-30-18-11-7-16(8-12-18)21(26)19-20(15-5-9-17(24)10-6-15)25(13-4-14-29-2)23(28)22(19)27/h5-12,20,26H,3-4,13-14H2,1-2H3/b21-19-. The highest BCUT2D eigenvalue weighted by Gasteiger charge is 2.45. The van der Waals surface area contributed by atoms with E-state index in [4.69, 9.17) is 9.47 Å². The minimum absolute atomic E-state index is 0.0202. The van der Waals surface area contributed by atoms with Crippen LogP contribution in [0.5, 0.6) is 5.75 Å². The Hall–Kier alpha value is -3.19. The summed E-state index contributed by atoms with van der Waals surface area (Å²) in [6.45, 7) is 3.04. The van der Waals surface area contributed by atoms with Crippen LogP contribution >= 0.6 is 0 Å². The summed E-state index contributed by atoms with van der Waals surface area (Å²) in [5, 5.41) is 10.9. The Balaban J connectivity index is 2.06. The van der Waals surface area contributed by atoms with Gasteiger partial charge in [-0.1, -0.05) is 12.1 Å². The zero-order valence-corrected chi connectivity index (χ0v) is 16.9. The molecule has 0 radical (unpaired) electrons. The lowest BCUT2D eigenvalue weighted by molar-refractivity contribution is -0.140. The third-order valence-electron chi connectivity index (χ3n) is 4.91. The first kappa shape index (κ1) is 21.5. The van der Waals surface area contributed by atoms with Gasteiger partial charge in [-0.05, 0) is 55.3 Å². The van der Waals surface area contributed by atoms with Gasteiger partial charge in [0.05, 0.1) is 18.2 Å². The summed E-state index contributed by atoms with van der Waals surface area (Å²) in [6.07, 6.45) is 0.518. The van der Waals surface area contributed by atoms with Crippen molar-refractivity contribution in [3.8, 4) is 5.75 Å². The number of aliphatic hydroxyl groups is 1. The molecule has 3 rings (SSSR count). The number of carbonyl (C=O) groups excluding carboxylic acids is 2. The summed E-state index contributed by atoms with van der Waals surface area (Å²) < 4.78 is 23.9. The van der Waals surface area contributed by atoms with Gasteiger partial charge in [0, 0.05) is 25.8 Å². The van der Waals surface area contributed by atoms with E-state index in [0.29, 0.717) is 36.5 Å². The van der Waals surface area contributed by atoms with E-state index in [2.05, 4.69) is 0 Å². The van der Waals surface area contributed by atoms with E-state index in [1.807, 2.05) is 6.92 Å². The van der Waals surface area contributed by atoms with Gasteiger partial charge in [0.25, 0.3) is 11.7 Å². The predicted octanol–water partition coefficient (Wildman–Crippen LogP) is 3.68. The molecule has 0 aliphatic carbocycles. The van der Waals surface area contributed by atoms with Crippen LogP contribution in [-0.4, -0.2) is 48.6 Å². The Labute approximate surface area is 174 Å². The maximum atomic E-state index is 13.5. The smallest absolute Gasteiger partial charge is 0.295 e. The molecule has 30 heavy (non-hydrogen) atoms. The molecule has 7 heteroatoms. The number of ether oxygens (including phenoxy) is 2. The number of likely N-dealkylation sites (tertiary alicyclic amines) is 1. The minimum Gasteiger partial charge on any atom is -0.507 e. The average molecular weight is 413 g/mol. The summed E-state index contributed by atoms with van der Waals surface area (Å²) >= 11 is 0. The van der Waals surface area contributed by atoms with E-state index in [9.17, 15) is 19.1 Å². The van der Waals surface area contributed by atoms with Crippen molar-refractivity contribution in [2.75, 3.05) is 26.9 Å². The molecule has 1 atom stereocenters. The number of halogens is 1. The number of rotatable bonds is 8. The third kappa shape index (κ3) is 4.36. The lowest BCUT2D eigenvalue weighted by Crippen LogP contribution is -2.31. The number of carbonyl (C=O) groups is 2. The molecular formula is C23H24FNO5. The highest BCUT2D eigenvalue weighted by molar-refractivity contribution is 6.46. The Bertz CT molecular complexity index is 937. The summed E-state index contributed by atoms with van der Waals surface area (Å²) in [5.74, 6) is -1.55. The third-order valence-corrected chi connectivity index (χ3v) is 4.91. The molecule has 2 aromatic rings. The highest BCUT2D eigenvalue weighted by Crippen LogP contribution is 2.39. The van der Waals surface area contributed by atoms with Crippen LogP contribution in [0.4, 0.5) is 4.39 Å². The predicted molar refractivity (Wildman–Crippen MR) is 110 cm³/mol. The van der Waals surface area contributed by atoms with Gasteiger partial charge < -0.3 is 19.5 Å². The van der Waals surface area contributed by atoms with E-state index < -0.39 is 23.5 Å². The fourth-order valence-electron chi connectivity index (χ4n) is 3.51. The molecule has 0 bridgehead atoms. The van der Waals surface area contributed by atoms with Crippen molar-refractivity contribution in [1.82, 2.24) is 4.90 Å². The van der Waals surface area contributed by atoms with Crippen LogP contribution in [0.25, 0.3) is 5.76 Å². The number of Topliss-reactive ketones (excluding diaryl/α,β-unsaturated/α-hetero) is 1. The molecule has 0 saturated carbocycles. The fraction of sp³-hybridized carbons (Fsp3) is 0.304. The molecule has 1 heterocycles. The number of aliphatic hydroxyl groups excluding tert-OH is 1. The van der Waals surface area contributed by atoms with Crippen molar-refractivity contribution in [3.63, 3.8) is 0 Å². The van der Waals surface area contributed by atoms with Gasteiger partial charge in [0.2, 0.25) is 0 Å². The van der Waals surface area contributed by atoms with Crippen LogP contribution < -0.4 is 4.74 Å². The zero-order valence-electron chi connectivity index (χ0n) is 16.9. The van der Waals surface area contributed by atoms with Crippen molar-refractivity contribution in [2.24, 2.45) is 0 Å². The largest absolute Gasteiger partial charge is 0.507 e. The molecule has 1 unspecified atom stereocenters. The van der Waals surface area contributed by atoms with Gasteiger partial charge in [-0.15, -0.1) is 0 Å². The van der Waals surface area contributed by atoms with E-state index in [1.54, 1.807) is 31.4 Å². The first-order valence-electron chi connectivity index (χ1n) is 9.74. The number of benzene rings is 2. The van der Waals surface area contributed by atoms with Gasteiger partial charge in [-0.2, -0.15) is 0 Å². The topological polar surface area (TPSA) is 76.1 Å². The van der Waals surface area contributed by atoms with Gasteiger partial charge in [-0.25, -0.2) is 4.39 Å². The van der Waals surface area contributed by atoms with Crippen LogP contribution in [0.1, 0.15) is 30.5 Å². The minimum atomic E-state index is -0.811. The number of hydrogen-bond donors (Lipinski definition) is 1. The molecule has 158 valence electrons. The van der Waals surface area contributed by atoms with Crippen LogP contribution in [0, 0.1) is 5.82 Å². The lowest BCUT2D eigenvalue weighted by Gasteiger charge is -2.25. The molecular weight excluding hydrogens is 389 g/mol. The molecule has 1 aliphatic heterocycles. The summed E-state index contributed by atoms with van der Waals surface area (Å²) in [5.41, 5.74) is 0.911. The number of amides is 1. The number of nitrogens with zero attached hydrogens (tertiary/aromatic N) is 1. The van der Waals surface area contributed by atoms with Crippen LogP contribution in [0.2, 0.25) is 0 Å². The molecule has 1 fully saturated rings. The summed E-state index contributed by atoms with van der Waals surface area (Å²) in [4.78, 5) is 27.0. The quantitative estimate of drug-likeness (QED) is 0.309. The van der Waals surface area contributed by atoms with Gasteiger partial charge in [-0.3, -0.25) is 9.59 Å². The number of hydrogen-bond acceptors (Lipinski definition) is 5. The highest BCUT2D eigenvalue weighted by atomic mass is 19.1. The Kier molecular flexibility index (Phi) is 6.84.